The fourth-order valence-corrected chi connectivity index (χ4v) is 2.23. The Bertz CT molecular complexity index is 421. The fourth-order valence-electron chi connectivity index (χ4n) is 2.23. The van der Waals surface area contributed by atoms with Crippen LogP contribution in [-0.4, -0.2) is 43.4 Å². The minimum atomic E-state index is -0.592. The Labute approximate surface area is 173 Å². The van der Waals surface area contributed by atoms with Gasteiger partial charge in [0.15, 0.2) is 5.78 Å². The molecule has 0 fully saturated rings. The zero-order valence-corrected chi connectivity index (χ0v) is 19.8. The Morgan fingerprint density at radius 2 is 1.39 bits per heavy atom. The highest BCUT2D eigenvalue weighted by Crippen LogP contribution is 2.08. The molecule has 168 valence electrons. The highest BCUT2D eigenvalue weighted by atomic mass is 16.2. The molecular weight excluding hydrogens is 356 g/mol. The van der Waals surface area contributed by atoms with Gasteiger partial charge in [-0.3, -0.25) is 9.59 Å². The largest absolute Gasteiger partial charge is 0.352 e. The molecule has 0 spiro atoms. The summed E-state index contributed by atoms with van der Waals surface area (Å²) in [6.07, 6.45) is 1.04. The number of amides is 3. The number of nitrogens with one attached hydrogen (secondary N) is 3. The van der Waals surface area contributed by atoms with Crippen molar-refractivity contribution < 1.29 is 14.4 Å². The maximum atomic E-state index is 12.3. The van der Waals surface area contributed by atoms with E-state index in [0.717, 1.165) is 5.92 Å². The van der Waals surface area contributed by atoms with Crippen molar-refractivity contribution >= 4 is 17.7 Å². The Hall–Kier alpha value is -1.63. The average molecular weight is 403 g/mol. The van der Waals surface area contributed by atoms with Crippen molar-refractivity contribution in [3.8, 4) is 0 Å². The smallest absolute Gasteiger partial charge is 0.312 e. The molecule has 7 heteroatoms. The summed E-state index contributed by atoms with van der Waals surface area (Å²) in [6.45, 7) is 18.4. The first kappa shape index (κ1) is 31.1. The minimum Gasteiger partial charge on any atom is -0.352 e. The SMILES string of the molecule is CC.CC(C)C.CNC(C(=O)NC(CCCNC(N)=O)C(=O)C(C)C)C(C)C. The monoisotopic (exact) mass is 402 g/mol. The van der Waals surface area contributed by atoms with Crippen LogP contribution in [0.15, 0.2) is 0 Å². The molecule has 5 N–H and O–H groups in total. The Balaban J connectivity index is -0.000000916. The van der Waals surface area contributed by atoms with Crippen LogP contribution in [0.4, 0.5) is 4.79 Å². The number of hydrogen-bond acceptors (Lipinski definition) is 4. The Kier molecular flexibility index (Phi) is 20.8. The Morgan fingerprint density at radius 1 is 0.929 bits per heavy atom. The Morgan fingerprint density at radius 3 is 1.71 bits per heavy atom. The lowest BCUT2D eigenvalue weighted by atomic mass is 9.96. The van der Waals surface area contributed by atoms with E-state index in [0.29, 0.717) is 19.4 Å². The topological polar surface area (TPSA) is 113 Å². The van der Waals surface area contributed by atoms with Gasteiger partial charge in [0.05, 0.1) is 12.1 Å². The van der Waals surface area contributed by atoms with Gasteiger partial charge in [0.25, 0.3) is 0 Å². The second-order valence-corrected chi connectivity index (χ2v) is 7.79. The summed E-state index contributed by atoms with van der Waals surface area (Å²) in [4.78, 5) is 35.2. The summed E-state index contributed by atoms with van der Waals surface area (Å²) in [5.41, 5.74) is 4.99. The van der Waals surface area contributed by atoms with E-state index in [9.17, 15) is 14.4 Å². The molecule has 0 bridgehead atoms. The molecule has 0 saturated carbocycles. The number of urea groups is 1. The zero-order chi connectivity index (χ0) is 22.9. The number of ketones is 1. The fraction of sp³-hybridized carbons (Fsp3) is 0.857. The van der Waals surface area contributed by atoms with Crippen LogP contribution in [0.1, 0.15) is 75.2 Å². The quantitative estimate of drug-likeness (QED) is 0.420. The summed E-state index contributed by atoms with van der Waals surface area (Å²) in [5.74, 6) is 0.600. The molecule has 0 radical (unpaired) electrons. The van der Waals surface area contributed by atoms with Gasteiger partial charge in [0.2, 0.25) is 5.91 Å². The van der Waals surface area contributed by atoms with E-state index < -0.39 is 12.1 Å². The van der Waals surface area contributed by atoms with Crippen LogP contribution in [-0.2, 0) is 9.59 Å². The maximum absolute atomic E-state index is 12.3. The van der Waals surface area contributed by atoms with Crippen LogP contribution in [0.3, 0.4) is 0 Å². The molecule has 0 aliphatic heterocycles. The number of nitrogens with two attached hydrogens (primary N) is 1. The van der Waals surface area contributed by atoms with E-state index in [2.05, 4.69) is 36.7 Å². The van der Waals surface area contributed by atoms with E-state index in [4.69, 9.17) is 5.73 Å². The highest BCUT2D eigenvalue weighted by molar-refractivity contribution is 5.91. The van der Waals surface area contributed by atoms with Gasteiger partial charge in [-0.1, -0.05) is 62.3 Å². The van der Waals surface area contributed by atoms with E-state index in [-0.39, 0.29) is 29.6 Å². The number of primary amides is 1. The van der Waals surface area contributed by atoms with Crippen LogP contribution in [0.25, 0.3) is 0 Å². The van der Waals surface area contributed by atoms with Crippen LogP contribution in [0, 0.1) is 17.8 Å². The van der Waals surface area contributed by atoms with E-state index in [1.807, 2.05) is 27.7 Å². The molecule has 2 unspecified atom stereocenters. The molecule has 0 rings (SSSR count). The third-order valence-corrected chi connectivity index (χ3v) is 3.46. The second-order valence-electron chi connectivity index (χ2n) is 7.79. The van der Waals surface area contributed by atoms with Crippen molar-refractivity contribution in [2.75, 3.05) is 13.6 Å². The number of carbonyl (C=O) groups is 3. The lowest BCUT2D eigenvalue weighted by Gasteiger charge is -2.25. The number of hydrogen-bond donors (Lipinski definition) is 4. The third-order valence-electron chi connectivity index (χ3n) is 3.46. The van der Waals surface area contributed by atoms with Gasteiger partial charge < -0.3 is 21.7 Å². The first-order valence-electron chi connectivity index (χ1n) is 10.5. The molecule has 0 heterocycles. The van der Waals surface area contributed by atoms with Crippen LogP contribution < -0.4 is 21.7 Å². The predicted molar refractivity (Wildman–Crippen MR) is 118 cm³/mol. The molecule has 0 saturated heterocycles. The van der Waals surface area contributed by atoms with Crippen LogP contribution >= 0.6 is 0 Å². The predicted octanol–water partition coefficient (Wildman–Crippen LogP) is 3.08. The van der Waals surface area contributed by atoms with Gasteiger partial charge >= 0.3 is 6.03 Å². The molecule has 7 nitrogen and oxygen atoms in total. The molecule has 2 atom stereocenters. The zero-order valence-electron chi connectivity index (χ0n) is 19.8. The minimum absolute atomic E-state index is 0.00830. The summed E-state index contributed by atoms with van der Waals surface area (Å²) in [5, 5.41) is 8.26. The van der Waals surface area contributed by atoms with Gasteiger partial charge in [0, 0.05) is 12.5 Å². The van der Waals surface area contributed by atoms with Crippen molar-refractivity contribution in [3.05, 3.63) is 0 Å². The molecule has 0 aliphatic rings. The number of likely N-dealkylation sites (N-methyl/N-ethyl adjacent to an activating group) is 1. The summed E-state index contributed by atoms with van der Waals surface area (Å²) in [7, 11) is 1.72. The first-order chi connectivity index (χ1) is 12.9. The summed E-state index contributed by atoms with van der Waals surface area (Å²) >= 11 is 0. The van der Waals surface area contributed by atoms with Crippen molar-refractivity contribution in [3.63, 3.8) is 0 Å². The number of rotatable bonds is 10. The molecule has 0 aromatic heterocycles. The van der Waals surface area contributed by atoms with Crippen LogP contribution in [0.2, 0.25) is 0 Å². The molecule has 28 heavy (non-hydrogen) atoms. The maximum Gasteiger partial charge on any atom is 0.312 e. The normalized spacial score (nSPS) is 12.3. The van der Waals surface area contributed by atoms with Gasteiger partial charge in [0.1, 0.15) is 0 Å². The van der Waals surface area contributed by atoms with Gasteiger partial charge in [-0.15, -0.1) is 0 Å². The lowest BCUT2D eigenvalue weighted by molar-refractivity contribution is -0.131. The van der Waals surface area contributed by atoms with Crippen molar-refractivity contribution in [1.82, 2.24) is 16.0 Å². The van der Waals surface area contributed by atoms with Crippen molar-refractivity contribution in [2.24, 2.45) is 23.5 Å². The van der Waals surface area contributed by atoms with E-state index in [1.54, 1.807) is 20.9 Å². The average Bonchev–Trinajstić information content (AvgIpc) is 2.58. The summed E-state index contributed by atoms with van der Waals surface area (Å²) in [6, 6.07) is -1.48. The molecule has 0 aromatic carbocycles. The van der Waals surface area contributed by atoms with E-state index >= 15 is 0 Å². The van der Waals surface area contributed by atoms with Crippen LogP contribution in [0.5, 0.6) is 0 Å². The van der Waals surface area contributed by atoms with Crippen molar-refractivity contribution in [1.29, 1.82) is 0 Å². The highest BCUT2D eigenvalue weighted by Gasteiger charge is 2.27. The number of Topliss-reactive ketones (excluding diaryl/α,β-unsaturated/α-hetero) is 1. The second kappa shape index (κ2) is 18.7. The first-order valence-corrected chi connectivity index (χ1v) is 10.5. The van der Waals surface area contributed by atoms with Crippen molar-refractivity contribution in [2.45, 2.75) is 87.2 Å². The molecule has 0 aliphatic carbocycles. The standard InChI is InChI=1S/C15H30N4O3.C4H10.C2H6/c1-9(2)12(17-5)14(21)19-11(13(20)10(3)4)7-6-8-18-15(16)22;1-4(2)3;1-2/h9-12,17H,6-8H2,1-5H3,(H,19,21)(H3,16,18,22);4H,1-3H3;1-2H3. The van der Waals surface area contributed by atoms with Gasteiger partial charge in [-0.05, 0) is 31.7 Å². The third kappa shape index (κ3) is 17.8. The molecular formula is C21H46N4O3. The van der Waals surface area contributed by atoms with Gasteiger partial charge in [-0.25, -0.2) is 4.79 Å². The summed E-state index contributed by atoms with van der Waals surface area (Å²) < 4.78 is 0. The lowest BCUT2D eigenvalue weighted by Crippen LogP contribution is -2.52. The van der Waals surface area contributed by atoms with E-state index in [1.165, 1.54) is 0 Å². The van der Waals surface area contributed by atoms with Gasteiger partial charge in [-0.2, -0.15) is 0 Å². The number of carbonyl (C=O) groups excluding carboxylic acids is 3. The molecule has 3 amide bonds. The molecule has 0 aromatic rings.